The van der Waals surface area contributed by atoms with E-state index in [0.29, 0.717) is 11.6 Å². The molecule has 1 amide bonds. The average molecular weight is 361 g/mol. The van der Waals surface area contributed by atoms with E-state index >= 15 is 0 Å². The predicted octanol–water partition coefficient (Wildman–Crippen LogP) is 1.40. The highest BCUT2D eigenvalue weighted by molar-refractivity contribution is 6.05. The fourth-order valence-electron chi connectivity index (χ4n) is 3.82. The molecular formula is C18H27N5O3. The van der Waals surface area contributed by atoms with Crippen molar-refractivity contribution in [2.75, 3.05) is 38.6 Å². The summed E-state index contributed by atoms with van der Waals surface area (Å²) in [5, 5.41) is 18.2. The number of H-pyrrole nitrogens is 1. The third kappa shape index (κ3) is 3.65. The van der Waals surface area contributed by atoms with E-state index in [1.54, 1.807) is 0 Å². The van der Waals surface area contributed by atoms with Crippen LogP contribution >= 0.6 is 0 Å². The van der Waals surface area contributed by atoms with Gasteiger partial charge in [0.2, 0.25) is 0 Å². The van der Waals surface area contributed by atoms with Crippen LogP contribution in [0.15, 0.2) is 18.2 Å². The van der Waals surface area contributed by atoms with Gasteiger partial charge in [0, 0.05) is 39.2 Å². The van der Waals surface area contributed by atoms with Gasteiger partial charge in [-0.25, -0.2) is 0 Å². The first kappa shape index (κ1) is 18.2. The molecule has 3 N–H and O–H groups in total. The summed E-state index contributed by atoms with van der Waals surface area (Å²) in [6, 6.07) is 6.27. The SMILES string of the molecule is CN(C)c1ccc2[nH]nc(C(=O)N[C@@H]3CN4CCC3CC4)c2c1.O=CO.[HH]. The van der Waals surface area contributed by atoms with Gasteiger partial charge in [-0.15, -0.1) is 0 Å². The van der Waals surface area contributed by atoms with Crippen LogP contribution < -0.4 is 10.2 Å². The molecular weight excluding hydrogens is 334 g/mol. The van der Waals surface area contributed by atoms with Crippen molar-refractivity contribution in [3.8, 4) is 0 Å². The largest absolute Gasteiger partial charge is 0.483 e. The molecule has 5 rings (SSSR count). The van der Waals surface area contributed by atoms with E-state index in [2.05, 4.69) is 20.4 Å². The molecule has 1 atom stereocenters. The highest BCUT2D eigenvalue weighted by Gasteiger charge is 2.35. The molecule has 0 saturated carbocycles. The topological polar surface area (TPSA) is 102 Å². The van der Waals surface area contributed by atoms with Crippen molar-refractivity contribution in [1.29, 1.82) is 0 Å². The zero-order chi connectivity index (χ0) is 18.7. The molecule has 3 saturated heterocycles. The van der Waals surface area contributed by atoms with E-state index in [0.717, 1.165) is 23.1 Å². The number of aromatic amines is 1. The number of carbonyl (C=O) groups is 2. The van der Waals surface area contributed by atoms with Crippen LogP contribution in [0.3, 0.4) is 0 Å². The number of hydrogen-bond donors (Lipinski definition) is 3. The van der Waals surface area contributed by atoms with E-state index in [4.69, 9.17) is 9.90 Å². The summed E-state index contributed by atoms with van der Waals surface area (Å²) >= 11 is 0. The van der Waals surface area contributed by atoms with Gasteiger partial charge in [0.15, 0.2) is 5.69 Å². The van der Waals surface area contributed by atoms with Gasteiger partial charge < -0.3 is 20.2 Å². The van der Waals surface area contributed by atoms with Gasteiger partial charge in [0.1, 0.15) is 0 Å². The third-order valence-corrected chi connectivity index (χ3v) is 5.25. The minimum absolute atomic E-state index is 0. The molecule has 1 aromatic heterocycles. The lowest BCUT2D eigenvalue weighted by Gasteiger charge is -2.44. The van der Waals surface area contributed by atoms with Crippen LogP contribution in [0.25, 0.3) is 10.9 Å². The zero-order valence-corrected chi connectivity index (χ0v) is 15.1. The lowest BCUT2D eigenvalue weighted by molar-refractivity contribution is -0.122. The Hall–Kier alpha value is -2.61. The normalized spacial score (nSPS) is 23.8. The first-order valence-electron chi connectivity index (χ1n) is 8.80. The van der Waals surface area contributed by atoms with Crippen molar-refractivity contribution in [3.63, 3.8) is 0 Å². The molecule has 2 bridgehead atoms. The maximum Gasteiger partial charge on any atom is 0.290 e. The lowest BCUT2D eigenvalue weighted by Crippen LogP contribution is -2.57. The minimum atomic E-state index is -0.250. The summed E-state index contributed by atoms with van der Waals surface area (Å²) in [6.07, 6.45) is 2.38. The summed E-state index contributed by atoms with van der Waals surface area (Å²) in [6.45, 7) is 3.07. The van der Waals surface area contributed by atoms with Gasteiger partial charge in [-0.2, -0.15) is 5.10 Å². The fourth-order valence-corrected chi connectivity index (χ4v) is 3.82. The summed E-state index contributed by atoms with van der Waals surface area (Å²) in [5.74, 6) is 0.553. The smallest absolute Gasteiger partial charge is 0.290 e. The molecule has 142 valence electrons. The first-order chi connectivity index (χ1) is 12.5. The maximum absolute atomic E-state index is 12.7. The predicted molar refractivity (Wildman–Crippen MR) is 102 cm³/mol. The second-order valence-electron chi connectivity index (χ2n) is 7.02. The Morgan fingerprint density at radius 2 is 2.12 bits per heavy atom. The van der Waals surface area contributed by atoms with Crippen LogP contribution in [0.1, 0.15) is 24.8 Å². The number of nitrogens with zero attached hydrogens (tertiary/aromatic N) is 3. The van der Waals surface area contributed by atoms with E-state index < -0.39 is 0 Å². The number of fused-ring (bicyclic) bond motifs is 4. The van der Waals surface area contributed by atoms with Gasteiger partial charge in [0.05, 0.1) is 5.52 Å². The quantitative estimate of drug-likeness (QED) is 0.715. The minimum Gasteiger partial charge on any atom is -0.483 e. The summed E-state index contributed by atoms with van der Waals surface area (Å²) in [7, 11) is 3.99. The van der Waals surface area contributed by atoms with Gasteiger partial charge in [0.25, 0.3) is 12.4 Å². The van der Waals surface area contributed by atoms with E-state index in [-0.39, 0.29) is 19.8 Å². The Morgan fingerprint density at radius 1 is 1.42 bits per heavy atom. The van der Waals surface area contributed by atoms with Crippen LogP contribution in [0, 0.1) is 5.92 Å². The molecule has 0 aliphatic carbocycles. The van der Waals surface area contributed by atoms with Crippen LogP contribution in [-0.4, -0.2) is 72.4 Å². The number of carboxylic acid groups (broad SMARTS) is 1. The molecule has 1 aromatic carbocycles. The fraction of sp³-hybridized carbons (Fsp3) is 0.500. The molecule has 4 heterocycles. The van der Waals surface area contributed by atoms with Crippen LogP contribution in [0.4, 0.5) is 5.69 Å². The molecule has 3 aliphatic rings. The molecule has 3 aliphatic heterocycles. The van der Waals surface area contributed by atoms with Crippen molar-refractivity contribution < 1.29 is 16.1 Å². The Balaban J connectivity index is 0.000000614. The maximum atomic E-state index is 12.7. The molecule has 0 spiro atoms. The van der Waals surface area contributed by atoms with Crippen LogP contribution in [0.5, 0.6) is 0 Å². The van der Waals surface area contributed by atoms with Gasteiger partial charge in [-0.3, -0.25) is 14.7 Å². The van der Waals surface area contributed by atoms with Crippen molar-refractivity contribution in [2.45, 2.75) is 18.9 Å². The van der Waals surface area contributed by atoms with Crippen LogP contribution in [0.2, 0.25) is 0 Å². The lowest BCUT2D eigenvalue weighted by atomic mass is 9.84. The number of nitrogens with one attached hydrogen (secondary N) is 2. The number of aromatic nitrogens is 2. The van der Waals surface area contributed by atoms with E-state index in [1.807, 2.05) is 37.2 Å². The third-order valence-electron chi connectivity index (χ3n) is 5.25. The van der Waals surface area contributed by atoms with Crippen molar-refractivity contribution in [2.24, 2.45) is 5.92 Å². The molecule has 3 fully saturated rings. The highest BCUT2D eigenvalue weighted by atomic mass is 16.3. The van der Waals surface area contributed by atoms with Crippen molar-refractivity contribution >= 4 is 29.0 Å². The summed E-state index contributed by atoms with van der Waals surface area (Å²) in [4.78, 5) is 25.6. The Labute approximate surface area is 153 Å². The van der Waals surface area contributed by atoms with E-state index in [9.17, 15) is 4.79 Å². The Morgan fingerprint density at radius 3 is 2.69 bits per heavy atom. The summed E-state index contributed by atoms with van der Waals surface area (Å²) in [5.41, 5.74) is 2.46. The van der Waals surface area contributed by atoms with Gasteiger partial charge in [-0.05, 0) is 50.0 Å². The molecule has 8 nitrogen and oxygen atoms in total. The second-order valence-corrected chi connectivity index (χ2v) is 7.02. The number of hydrogen-bond acceptors (Lipinski definition) is 5. The molecule has 0 unspecified atom stereocenters. The second kappa shape index (κ2) is 7.74. The van der Waals surface area contributed by atoms with Gasteiger partial charge in [-0.1, -0.05) is 0 Å². The molecule has 0 radical (unpaired) electrons. The summed E-state index contributed by atoms with van der Waals surface area (Å²) < 4.78 is 0. The zero-order valence-electron chi connectivity index (χ0n) is 15.1. The molecule has 26 heavy (non-hydrogen) atoms. The Kier molecular flexibility index (Phi) is 5.41. The first-order valence-corrected chi connectivity index (χ1v) is 8.80. The number of rotatable bonds is 3. The average Bonchev–Trinajstić information content (AvgIpc) is 3.06. The molecule has 8 heteroatoms. The highest BCUT2D eigenvalue weighted by Crippen LogP contribution is 2.28. The number of carbonyl (C=O) groups excluding carboxylic acids is 1. The number of piperidine rings is 3. The number of benzene rings is 1. The van der Waals surface area contributed by atoms with E-state index in [1.165, 1.54) is 25.9 Å². The number of anilines is 1. The van der Waals surface area contributed by atoms with Crippen LogP contribution in [-0.2, 0) is 4.79 Å². The number of amides is 1. The monoisotopic (exact) mass is 361 g/mol. The standard InChI is InChI=1S/C17H23N5O.CH2O2.H2/c1-21(2)12-3-4-14-13(9-12)16(20-19-14)17(23)18-15-10-22-7-5-11(15)6-8-22;2-1-3;/h3-4,9,11,15H,5-8,10H2,1-2H3,(H,18,23)(H,19,20);1H,(H,2,3);1H/t15-;;/m1../s1. The van der Waals surface area contributed by atoms with Crippen molar-refractivity contribution in [1.82, 2.24) is 20.4 Å². The Bertz CT molecular complexity index is 786. The van der Waals surface area contributed by atoms with Crippen molar-refractivity contribution in [3.05, 3.63) is 23.9 Å². The molecule has 2 aromatic rings. The van der Waals surface area contributed by atoms with Gasteiger partial charge >= 0.3 is 0 Å².